The SMILES string of the molecule is CN(C)S(=O)(=O)c1ccc(CN2CCCCC2CN)cc1. The van der Waals surface area contributed by atoms with Crippen LogP contribution in [0.15, 0.2) is 29.2 Å². The van der Waals surface area contributed by atoms with Gasteiger partial charge < -0.3 is 5.73 Å². The van der Waals surface area contributed by atoms with Crippen LogP contribution in [-0.2, 0) is 16.6 Å². The van der Waals surface area contributed by atoms with E-state index in [1.807, 2.05) is 12.1 Å². The Morgan fingerprint density at radius 3 is 2.48 bits per heavy atom. The van der Waals surface area contributed by atoms with Gasteiger partial charge in [-0.05, 0) is 37.1 Å². The number of benzene rings is 1. The Hall–Kier alpha value is -0.950. The second-order valence-electron chi connectivity index (χ2n) is 5.79. The van der Waals surface area contributed by atoms with Gasteiger partial charge in [-0.1, -0.05) is 18.6 Å². The van der Waals surface area contributed by atoms with Crippen molar-refractivity contribution in [3.63, 3.8) is 0 Å². The molecule has 1 heterocycles. The highest BCUT2D eigenvalue weighted by atomic mass is 32.2. The highest BCUT2D eigenvalue weighted by Crippen LogP contribution is 2.20. The molecule has 0 bridgehead atoms. The molecule has 1 aliphatic heterocycles. The predicted octanol–water partition coefficient (Wildman–Crippen LogP) is 1.25. The third kappa shape index (κ3) is 3.83. The maximum absolute atomic E-state index is 12.0. The minimum Gasteiger partial charge on any atom is -0.329 e. The smallest absolute Gasteiger partial charge is 0.242 e. The zero-order valence-electron chi connectivity index (χ0n) is 12.8. The van der Waals surface area contributed by atoms with E-state index < -0.39 is 10.0 Å². The number of likely N-dealkylation sites (tertiary alicyclic amines) is 1. The van der Waals surface area contributed by atoms with Crippen molar-refractivity contribution in [3.8, 4) is 0 Å². The normalized spacial score (nSPS) is 20.9. The van der Waals surface area contributed by atoms with Gasteiger partial charge in [0.25, 0.3) is 0 Å². The lowest BCUT2D eigenvalue weighted by Crippen LogP contribution is -2.43. The first kappa shape index (κ1) is 16.4. The van der Waals surface area contributed by atoms with Crippen LogP contribution in [0.5, 0.6) is 0 Å². The second kappa shape index (κ2) is 6.87. The fraction of sp³-hybridized carbons (Fsp3) is 0.600. The van der Waals surface area contributed by atoms with Gasteiger partial charge in [-0.25, -0.2) is 12.7 Å². The van der Waals surface area contributed by atoms with Crippen LogP contribution in [0.3, 0.4) is 0 Å². The number of sulfonamides is 1. The third-order valence-corrected chi connectivity index (χ3v) is 5.94. The van der Waals surface area contributed by atoms with E-state index in [1.54, 1.807) is 26.2 Å². The van der Waals surface area contributed by atoms with Crippen LogP contribution in [-0.4, -0.2) is 50.8 Å². The van der Waals surface area contributed by atoms with Crippen molar-refractivity contribution >= 4 is 10.0 Å². The highest BCUT2D eigenvalue weighted by Gasteiger charge is 2.21. The van der Waals surface area contributed by atoms with Crippen LogP contribution in [0.1, 0.15) is 24.8 Å². The fourth-order valence-corrected chi connectivity index (χ4v) is 3.65. The number of rotatable bonds is 5. The quantitative estimate of drug-likeness (QED) is 0.889. The van der Waals surface area contributed by atoms with Crippen LogP contribution in [0.2, 0.25) is 0 Å². The molecule has 0 spiro atoms. The van der Waals surface area contributed by atoms with Gasteiger partial charge in [0.15, 0.2) is 0 Å². The molecule has 0 saturated carbocycles. The molecule has 1 saturated heterocycles. The summed E-state index contributed by atoms with van der Waals surface area (Å²) in [6, 6.07) is 7.62. The van der Waals surface area contributed by atoms with Crippen LogP contribution < -0.4 is 5.73 Å². The van der Waals surface area contributed by atoms with Gasteiger partial charge in [-0.3, -0.25) is 4.90 Å². The van der Waals surface area contributed by atoms with Crippen molar-refractivity contribution in [2.24, 2.45) is 5.73 Å². The molecule has 1 aliphatic rings. The summed E-state index contributed by atoms with van der Waals surface area (Å²) in [5, 5.41) is 0. The summed E-state index contributed by atoms with van der Waals surface area (Å²) >= 11 is 0. The monoisotopic (exact) mass is 311 g/mol. The Balaban J connectivity index is 2.09. The molecule has 1 fully saturated rings. The van der Waals surface area contributed by atoms with Crippen molar-refractivity contribution in [2.45, 2.75) is 36.7 Å². The molecule has 1 aromatic carbocycles. The summed E-state index contributed by atoms with van der Waals surface area (Å²) in [4.78, 5) is 2.74. The maximum atomic E-state index is 12.0. The first-order valence-electron chi connectivity index (χ1n) is 7.40. The molecule has 0 amide bonds. The van der Waals surface area contributed by atoms with Crippen molar-refractivity contribution in [1.82, 2.24) is 9.21 Å². The molecule has 1 aromatic rings. The van der Waals surface area contributed by atoms with Gasteiger partial charge in [0.2, 0.25) is 10.0 Å². The molecular formula is C15H25N3O2S. The molecule has 1 unspecified atom stereocenters. The lowest BCUT2D eigenvalue weighted by Gasteiger charge is -2.35. The largest absolute Gasteiger partial charge is 0.329 e. The fourth-order valence-electron chi connectivity index (χ4n) is 2.75. The zero-order chi connectivity index (χ0) is 15.5. The second-order valence-corrected chi connectivity index (χ2v) is 7.94. The third-order valence-electron chi connectivity index (χ3n) is 4.11. The van der Waals surface area contributed by atoms with E-state index in [4.69, 9.17) is 5.73 Å². The maximum Gasteiger partial charge on any atom is 0.242 e. The van der Waals surface area contributed by atoms with E-state index in [-0.39, 0.29) is 0 Å². The molecule has 6 heteroatoms. The van der Waals surface area contributed by atoms with Gasteiger partial charge in [-0.2, -0.15) is 0 Å². The molecular weight excluding hydrogens is 286 g/mol. The Kier molecular flexibility index (Phi) is 5.37. The summed E-state index contributed by atoms with van der Waals surface area (Å²) in [5.41, 5.74) is 6.97. The predicted molar refractivity (Wildman–Crippen MR) is 84.4 cm³/mol. The molecule has 0 aromatic heterocycles. The number of hydrogen-bond acceptors (Lipinski definition) is 4. The summed E-state index contributed by atoms with van der Waals surface area (Å²) in [6.45, 7) is 2.59. The Morgan fingerprint density at radius 2 is 1.90 bits per heavy atom. The minimum atomic E-state index is -3.34. The molecule has 0 aliphatic carbocycles. The standard InChI is InChI=1S/C15H25N3O2S/c1-17(2)21(19,20)15-8-6-13(7-9-15)12-18-10-4-3-5-14(18)11-16/h6-9,14H,3-5,10-12,16H2,1-2H3. The molecule has 1 atom stereocenters. The van der Waals surface area contributed by atoms with Gasteiger partial charge in [-0.15, -0.1) is 0 Å². The van der Waals surface area contributed by atoms with E-state index in [9.17, 15) is 8.42 Å². The number of hydrogen-bond donors (Lipinski definition) is 1. The van der Waals surface area contributed by atoms with Gasteiger partial charge in [0, 0.05) is 33.2 Å². The van der Waals surface area contributed by atoms with E-state index in [0.29, 0.717) is 17.5 Å². The average Bonchev–Trinajstić information content (AvgIpc) is 2.48. The summed E-state index contributed by atoms with van der Waals surface area (Å²) in [7, 11) is -0.254. The molecule has 21 heavy (non-hydrogen) atoms. The Labute approximate surface area is 127 Å². The van der Waals surface area contributed by atoms with Crippen LogP contribution in [0, 0.1) is 0 Å². The summed E-state index contributed by atoms with van der Waals surface area (Å²) in [5.74, 6) is 0. The lowest BCUT2D eigenvalue weighted by atomic mass is 10.0. The summed E-state index contributed by atoms with van der Waals surface area (Å²) < 4.78 is 25.3. The number of nitrogens with two attached hydrogens (primary N) is 1. The van der Waals surface area contributed by atoms with E-state index >= 15 is 0 Å². The van der Waals surface area contributed by atoms with Crippen molar-refractivity contribution in [2.75, 3.05) is 27.2 Å². The van der Waals surface area contributed by atoms with Crippen LogP contribution >= 0.6 is 0 Å². The van der Waals surface area contributed by atoms with Crippen molar-refractivity contribution in [3.05, 3.63) is 29.8 Å². The molecule has 5 nitrogen and oxygen atoms in total. The minimum absolute atomic E-state index is 0.338. The summed E-state index contributed by atoms with van der Waals surface area (Å²) in [6.07, 6.45) is 3.62. The molecule has 2 N–H and O–H groups in total. The lowest BCUT2D eigenvalue weighted by molar-refractivity contribution is 0.145. The van der Waals surface area contributed by atoms with Crippen LogP contribution in [0.4, 0.5) is 0 Å². The zero-order valence-corrected chi connectivity index (χ0v) is 13.6. The average molecular weight is 311 g/mol. The van der Waals surface area contributed by atoms with E-state index in [1.165, 1.54) is 17.1 Å². The molecule has 0 radical (unpaired) electrons. The van der Waals surface area contributed by atoms with Gasteiger partial charge in [0.1, 0.15) is 0 Å². The topological polar surface area (TPSA) is 66.6 Å². The van der Waals surface area contributed by atoms with E-state index in [0.717, 1.165) is 25.1 Å². The molecule has 118 valence electrons. The Bertz CT molecular complexity index is 555. The van der Waals surface area contributed by atoms with Crippen LogP contribution in [0.25, 0.3) is 0 Å². The molecule has 2 rings (SSSR count). The van der Waals surface area contributed by atoms with Gasteiger partial charge >= 0.3 is 0 Å². The number of nitrogens with zero attached hydrogens (tertiary/aromatic N) is 2. The number of piperidine rings is 1. The Morgan fingerprint density at radius 1 is 1.24 bits per heavy atom. The first-order chi connectivity index (χ1) is 9.95. The van der Waals surface area contributed by atoms with Crippen molar-refractivity contribution < 1.29 is 8.42 Å². The van der Waals surface area contributed by atoms with Gasteiger partial charge in [0.05, 0.1) is 4.90 Å². The first-order valence-corrected chi connectivity index (χ1v) is 8.84. The van der Waals surface area contributed by atoms with Crippen molar-refractivity contribution in [1.29, 1.82) is 0 Å². The van der Waals surface area contributed by atoms with E-state index in [2.05, 4.69) is 4.90 Å². The highest BCUT2D eigenvalue weighted by molar-refractivity contribution is 7.89.